The van der Waals surface area contributed by atoms with E-state index >= 15 is 0 Å². The van der Waals surface area contributed by atoms with Crippen LogP contribution in [0.1, 0.15) is 40.3 Å². The van der Waals surface area contributed by atoms with Crippen molar-refractivity contribution in [2.75, 3.05) is 19.8 Å². The van der Waals surface area contributed by atoms with Crippen molar-refractivity contribution < 1.29 is 19.4 Å². The molecule has 2 atom stereocenters. The van der Waals surface area contributed by atoms with E-state index in [0.29, 0.717) is 12.2 Å². The van der Waals surface area contributed by atoms with Gasteiger partial charge in [-0.05, 0) is 32.4 Å². The molecule has 1 saturated heterocycles. The molecule has 0 saturated carbocycles. The number of morpholine rings is 1. The largest absolute Gasteiger partial charge is 0.480 e. The van der Waals surface area contributed by atoms with Crippen LogP contribution in [0.4, 0.5) is 0 Å². The highest BCUT2D eigenvalue weighted by Gasteiger charge is 2.34. The number of carboxylic acid groups (broad SMARTS) is 1. The standard InChI is InChI=1S/C20H24N2O4/c1-13-11-17(19(23)21-9-10-26-12-18(21)20(24)25)15(3)22(13)14(2)16-7-5-4-6-8-16/h4-8,11,14,18H,9-10,12H2,1-3H3,(H,24,25)/t14-,18+/m1/s1. The fourth-order valence-electron chi connectivity index (χ4n) is 3.68. The van der Waals surface area contributed by atoms with E-state index in [0.717, 1.165) is 17.0 Å². The maximum Gasteiger partial charge on any atom is 0.328 e. The van der Waals surface area contributed by atoms with Gasteiger partial charge in [-0.3, -0.25) is 4.79 Å². The number of amides is 1. The highest BCUT2D eigenvalue weighted by atomic mass is 16.5. The number of carboxylic acids is 1. The molecule has 1 aliphatic heterocycles. The van der Waals surface area contributed by atoms with Crippen molar-refractivity contribution in [1.82, 2.24) is 9.47 Å². The van der Waals surface area contributed by atoms with Crippen LogP contribution in [-0.4, -0.2) is 52.3 Å². The Labute approximate surface area is 153 Å². The number of benzene rings is 1. The lowest BCUT2D eigenvalue weighted by molar-refractivity contribution is -0.147. The molecule has 1 aliphatic rings. The highest BCUT2D eigenvalue weighted by molar-refractivity contribution is 5.98. The molecule has 6 heteroatoms. The van der Waals surface area contributed by atoms with Crippen LogP contribution in [0, 0.1) is 13.8 Å². The second-order valence-corrected chi connectivity index (χ2v) is 6.67. The number of nitrogens with zero attached hydrogens (tertiary/aromatic N) is 2. The van der Waals surface area contributed by atoms with Gasteiger partial charge in [0.15, 0.2) is 6.04 Å². The summed E-state index contributed by atoms with van der Waals surface area (Å²) in [6, 6.07) is 11.1. The monoisotopic (exact) mass is 356 g/mol. The lowest BCUT2D eigenvalue weighted by Crippen LogP contribution is -2.52. The Kier molecular flexibility index (Phi) is 5.13. The predicted octanol–water partition coefficient (Wildman–Crippen LogP) is 2.64. The average molecular weight is 356 g/mol. The number of aryl methyl sites for hydroxylation is 1. The molecule has 0 bridgehead atoms. The molecule has 0 aliphatic carbocycles. The molecule has 26 heavy (non-hydrogen) atoms. The molecule has 0 radical (unpaired) electrons. The normalized spacial score (nSPS) is 18.6. The molecule has 3 rings (SSSR count). The first kappa shape index (κ1) is 18.2. The van der Waals surface area contributed by atoms with Crippen molar-refractivity contribution in [2.45, 2.75) is 32.9 Å². The van der Waals surface area contributed by atoms with Gasteiger partial charge in [-0.15, -0.1) is 0 Å². The number of aromatic nitrogens is 1. The Morgan fingerprint density at radius 2 is 1.92 bits per heavy atom. The number of rotatable bonds is 4. The summed E-state index contributed by atoms with van der Waals surface area (Å²) in [6.07, 6.45) is 0. The first-order chi connectivity index (χ1) is 12.4. The summed E-state index contributed by atoms with van der Waals surface area (Å²) >= 11 is 0. The van der Waals surface area contributed by atoms with Crippen LogP contribution in [-0.2, 0) is 9.53 Å². The number of carbonyl (C=O) groups is 2. The number of aliphatic carboxylic acids is 1. The summed E-state index contributed by atoms with van der Waals surface area (Å²) in [6.45, 7) is 6.65. The summed E-state index contributed by atoms with van der Waals surface area (Å²) in [5, 5.41) is 9.39. The van der Waals surface area contributed by atoms with Gasteiger partial charge >= 0.3 is 5.97 Å². The quantitative estimate of drug-likeness (QED) is 0.914. The summed E-state index contributed by atoms with van der Waals surface area (Å²) < 4.78 is 7.36. The average Bonchev–Trinajstić information content (AvgIpc) is 2.95. The van der Waals surface area contributed by atoms with Gasteiger partial charge in [0.2, 0.25) is 0 Å². The topological polar surface area (TPSA) is 71.8 Å². The van der Waals surface area contributed by atoms with Crippen molar-refractivity contribution in [2.24, 2.45) is 0 Å². The van der Waals surface area contributed by atoms with E-state index in [4.69, 9.17) is 4.74 Å². The van der Waals surface area contributed by atoms with Crippen LogP contribution < -0.4 is 0 Å². The van der Waals surface area contributed by atoms with E-state index < -0.39 is 12.0 Å². The third kappa shape index (κ3) is 3.24. The summed E-state index contributed by atoms with van der Waals surface area (Å²) in [5.41, 5.74) is 3.53. The molecule has 138 valence electrons. The first-order valence-electron chi connectivity index (χ1n) is 8.76. The van der Waals surface area contributed by atoms with Crippen LogP contribution in [0.25, 0.3) is 0 Å². The summed E-state index contributed by atoms with van der Waals surface area (Å²) in [7, 11) is 0. The van der Waals surface area contributed by atoms with E-state index in [2.05, 4.69) is 23.6 Å². The number of hydrogen-bond donors (Lipinski definition) is 1. The molecule has 1 amide bonds. The Bertz CT molecular complexity index is 813. The van der Waals surface area contributed by atoms with Crippen LogP contribution >= 0.6 is 0 Å². The first-order valence-corrected chi connectivity index (χ1v) is 8.76. The van der Waals surface area contributed by atoms with Gasteiger partial charge in [0, 0.05) is 17.9 Å². The number of ether oxygens (including phenoxy) is 1. The number of hydrogen-bond acceptors (Lipinski definition) is 3. The van der Waals surface area contributed by atoms with E-state index in [1.165, 1.54) is 4.90 Å². The van der Waals surface area contributed by atoms with E-state index in [9.17, 15) is 14.7 Å². The van der Waals surface area contributed by atoms with Gasteiger partial charge < -0.3 is 19.3 Å². The summed E-state index contributed by atoms with van der Waals surface area (Å²) in [4.78, 5) is 25.9. The smallest absolute Gasteiger partial charge is 0.328 e. The van der Waals surface area contributed by atoms with Crippen molar-refractivity contribution in [1.29, 1.82) is 0 Å². The van der Waals surface area contributed by atoms with Gasteiger partial charge in [-0.1, -0.05) is 30.3 Å². The lowest BCUT2D eigenvalue weighted by atomic mass is 10.1. The summed E-state index contributed by atoms with van der Waals surface area (Å²) in [5.74, 6) is -1.29. The Morgan fingerprint density at radius 1 is 1.23 bits per heavy atom. The molecule has 6 nitrogen and oxygen atoms in total. The SMILES string of the molecule is Cc1cc(C(=O)N2CCOC[C@H]2C(=O)O)c(C)n1[C@H](C)c1ccccc1. The maximum absolute atomic E-state index is 13.1. The predicted molar refractivity (Wildman–Crippen MR) is 97.4 cm³/mol. The molecule has 1 fully saturated rings. The van der Waals surface area contributed by atoms with Gasteiger partial charge in [0.05, 0.1) is 24.8 Å². The van der Waals surface area contributed by atoms with Crippen LogP contribution in [0.15, 0.2) is 36.4 Å². The van der Waals surface area contributed by atoms with E-state index in [1.807, 2.05) is 38.1 Å². The minimum atomic E-state index is -1.04. The Morgan fingerprint density at radius 3 is 2.58 bits per heavy atom. The van der Waals surface area contributed by atoms with E-state index in [-0.39, 0.29) is 25.1 Å². The van der Waals surface area contributed by atoms with Crippen molar-refractivity contribution >= 4 is 11.9 Å². The molecular weight excluding hydrogens is 332 g/mol. The molecule has 0 spiro atoms. The fraction of sp³-hybridized carbons (Fsp3) is 0.400. The minimum absolute atomic E-state index is 0.0280. The van der Waals surface area contributed by atoms with E-state index in [1.54, 1.807) is 0 Å². The zero-order valence-corrected chi connectivity index (χ0v) is 15.3. The zero-order valence-electron chi connectivity index (χ0n) is 15.3. The number of carbonyl (C=O) groups excluding carboxylic acids is 1. The Balaban J connectivity index is 1.94. The highest BCUT2D eigenvalue weighted by Crippen LogP contribution is 2.27. The van der Waals surface area contributed by atoms with Gasteiger partial charge in [-0.2, -0.15) is 0 Å². The van der Waals surface area contributed by atoms with Crippen molar-refractivity contribution in [3.8, 4) is 0 Å². The molecular formula is C20H24N2O4. The molecule has 0 unspecified atom stereocenters. The molecule has 2 aromatic rings. The van der Waals surface area contributed by atoms with Gasteiger partial charge in [0.1, 0.15) is 0 Å². The van der Waals surface area contributed by atoms with Crippen LogP contribution in [0.3, 0.4) is 0 Å². The fourth-order valence-corrected chi connectivity index (χ4v) is 3.68. The zero-order chi connectivity index (χ0) is 18.8. The van der Waals surface area contributed by atoms with Gasteiger partial charge in [0.25, 0.3) is 5.91 Å². The third-order valence-corrected chi connectivity index (χ3v) is 5.06. The maximum atomic E-state index is 13.1. The van der Waals surface area contributed by atoms with Crippen LogP contribution in [0.2, 0.25) is 0 Å². The van der Waals surface area contributed by atoms with Crippen molar-refractivity contribution in [3.63, 3.8) is 0 Å². The molecule has 2 heterocycles. The third-order valence-electron chi connectivity index (χ3n) is 5.06. The second-order valence-electron chi connectivity index (χ2n) is 6.67. The minimum Gasteiger partial charge on any atom is -0.480 e. The van der Waals surface area contributed by atoms with Crippen LogP contribution in [0.5, 0.6) is 0 Å². The lowest BCUT2D eigenvalue weighted by Gasteiger charge is -2.33. The molecule has 1 aromatic carbocycles. The van der Waals surface area contributed by atoms with Crippen molar-refractivity contribution in [3.05, 3.63) is 58.9 Å². The van der Waals surface area contributed by atoms with Gasteiger partial charge in [-0.25, -0.2) is 4.79 Å². The molecule has 1 aromatic heterocycles. The molecule has 1 N–H and O–H groups in total. The second kappa shape index (κ2) is 7.33. The Hall–Kier alpha value is -2.60.